The van der Waals surface area contributed by atoms with Gasteiger partial charge in [0.25, 0.3) is 5.56 Å². The molecule has 0 aliphatic carbocycles. The quantitative estimate of drug-likeness (QED) is 0.387. The van der Waals surface area contributed by atoms with Gasteiger partial charge in [0.05, 0.1) is 12.9 Å². The van der Waals surface area contributed by atoms with E-state index < -0.39 is 29.6 Å². The van der Waals surface area contributed by atoms with Crippen molar-refractivity contribution in [3.63, 3.8) is 0 Å². The minimum atomic E-state index is -1.67. The summed E-state index contributed by atoms with van der Waals surface area (Å²) in [7, 11) is 0. The number of H-pyrrole nitrogens is 1. The lowest BCUT2D eigenvalue weighted by molar-refractivity contribution is -0.0964. The number of hydrogen-bond acceptors (Lipinski definition) is 9. The number of aliphatic hydroxyl groups is 2. The highest BCUT2D eigenvalue weighted by atomic mass is 16.6. The average Bonchev–Trinajstić information content (AvgIpc) is 2.94. The molecule has 120 valence electrons. The zero-order valence-electron chi connectivity index (χ0n) is 11.6. The summed E-state index contributed by atoms with van der Waals surface area (Å²) in [6, 6.07) is 0. The summed E-state index contributed by atoms with van der Waals surface area (Å²) in [6.45, 7) is 1.28. The van der Waals surface area contributed by atoms with Gasteiger partial charge in [-0.25, -0.2) is 10.9 Å². The molecule has 1 unspecified atom stereocenters. The minimum Gasteiger partial charge on any atom is -0.387 e. The molecule has 2 aromatic heterocycles. The maximum Gasteiger partial charge on any atom is 0.280 e. The highest BCUT2D eigenvalue weighted by molar-refractivity contribution is 5.70. The predicted molar refractivity (Wildman–Crippen MR) is 73.2 cm³/mol. The second-order valence-electron chi connectivity index (χ2n) is 5.31. The Bertz CT molecular complexity index is 755. The van der Waals surface area contributed by atoms with E-state index in [0.717, 1.165) is 0 Å². The van der Waals surface area contributed by atoms with Crippen LogP contribution in [-0.4, -0.2) is 54.1 Å². The minimum absolute atomic E-state index is 0.0432. The third-order valence-corrected chi connectivity index (χ3v) is 3.72. The van der Waals surface area contributed by atoms with Gasteiger partial charge in [0.2, 0.25) is 5.95 Å². The van der Waals surface area contributed by atoms with Crippen molar-refractivity contribution in [1.82, 2.24) is 19.5 Å². The van der Waals surface area contributed by atoms with Crippen molar-refractivity contribution in [2.45, 2.75) is 31.0 Å². The first-order chi connectivity index (χ1) is 10.4. The summed E-state index contributed by atoms with van der Waals surface area (Å²) in [4.78, 5) is 26.5. The fourth-order valence-electron chi connectivity index (χ4n) is 2.59. The number of hydrogen-bond donors (Lipinski definition) is 5. The maximum atomic E-state index is 11.8. The Morgan fingerprint density at radius 1 is 1.64 bits per heavy atom. The molecular weight excluding hydrogens is 296 g/mol. The van der Waals surface area contributed by atoms with Crippen LogP contribution in [0.2, 0.25) is 0 Å². The number of aromatic nitrogens is 4. The third kappa shape index (κ3) is 2.07. The highest BCUT2D eigenvalue weighted by Gasteiger charge is 2.53. The van der Waals surface area contributed by atoms with E-state index in [1.807, 2.05) is 0 Å². The van der Waals surface area contributed by atoms with Crippen LogP contribution in [0.1, 0.15) is 13.2 Å². The molecule has 1 saturated heterocycles. The molecule has 11 heteroatoms. The molecule has 22 heavy (non-hydrogen) atoms. The molecule has 0 radical (unpaired) electrons. The van der Waals surface area contributed by atoms with Crippen molar-refractivity contribution < 1.29 is 19.8 Å². The van der Waals surface area contributed by atoms with Crippen LogP contribution in [0.25, 0.3) is 11.2 Å². The Morgan fingerprint density at radius 2 is 2.36 bits per heavy atom. The summed E-state index contributed by atoms with van der Waals surface area (Å²) in [6.07, 6.45) is -1.86. The Morgan fingerprint density at radius 3 is 3.05 bits per heavy atom. The molecule has 0 bridgehead atoms. The molecule has 4 atom stereocenters. The number of nitrogens with zero attached hydrogens (tertiary/aromatic N) is 3. The number of nitrogens with one attached hydrogen (secondary N) is 1. The molecular formula is C11H16N6O5. The summed E-state index contributed by atoms with van der Waals surface area (Å²) >= 11 is 0. The van der Waals surface area contributed by atoms with E-state index in [1.54, 1.807) is 0 Å². The Balaban J connectivity index is 2.09. The van der Waals surface area contributed by atoms with Gasteiger partial charge in [0, 0.05) is 0 Å². The number of nitrogen functional groups attached to an aromatic ring is 1. The lowest BCUT2D eigenvalue weighted by Crippen LogP contribution is -2.44. The largest absolute Gasteiger partial charge is 0.387 e. The normalized spacial score (nSPS) is 31.9. The molecule has 0 saturated carbocycles. The number of aromatic amines is 1. The first kappa shape index (κ1) is 14.9. The summed E-state index contributed by atoms with van der Waals surface area (Å²) in [5.41, 5.74) is 3.52. The summed E-state index contributed by atoms with van der Waals surface area (Å²) in [5, 5.41) is 20.7. The standard InChI is InChI=1S/C11H16N6O5/c1-11(20)6(18)4(2-21-13)22-9(11)17-3-14-5-7(17)15-10(12)16-8(5)19/h3-4,6,9,18,20H,2,13H2,1H3,(H3,12,15,16,19)/t4-,6?,9-,11+/m1/s1. The summed E-state index contributed by atoms with van der Waals surface area (Å²) < 4.78 is 6.92. The van der Waals surface area contributed by atoms with Gasteiger partial charge in [-0.2, -0.15) is 4.98 Å². The number of anilines is 1. The van der Waals surface area contributed by atoms with E-state index in [1.165, 1.54) is 17.8 Å². The van der Waals surface area contributed by atoms with Crippen molar-refractivity contribution in [3.8, 4) is 0 Å². The lowest BCUT2D eigenvalue weighted by atomic mass is 9.96. The van der Waals surface area contributed by atoms with Crippen LogP contribution in [0.15, 0.2) is 11.1 Å². The van der Waals surface area contributed by atoms with Gasteiger partial charge in [-0.15, -0.1) is 0 Å². The van der Waals surface area contributed by atoms with Gasteiger partial charge in [0.1, 0.15) is 17.8 Å². The Kier molecular flexibility index (Phi) is 3.38. The van der Waals surface area contributed by atoms with Gasteiger partial charge >= 0.3 is 0 Å². The number of rotatable bonds is 3. The molecule has 0 amide bonds. The first-order valence-corrected chi connectivity index (χ1v) is 6.46. The highest BCUT2D eigenvalue weighted by Crippen LogP contribution is 2.39. The van der Waals surface area contributed by atoms with Crippen molar-refractivity contribution in [2.24, 2.45) is 5.90 Å². The number of imidazole rings is 1. The SMILES string of the molecule is C[C@]1(O)C(O)[C@@H](CON)O[C@H]1n1cnc2c(=O)[nH]c(N)nc21. The van der Waals surface area contributed by atoms with E-state index in [9.17, 15) is 15.0 Å². The predicted octanol–water partition coefficient (Wildman–Crippen LogP) is -2.40. The van der Waals surface area contributed by atoms with Gasteiger partial charge in [-0.3, -0.25) is 14.3 Å². The van der Waals surface area contributed by atoms with Gasteiger partial charge in [-0.05, 0) is 6.92 Å². The van der Waals surface area contributed by atoms with Crippen molar-refractivity contribution in [1.29, 1.82) is 0 Å². The number of nitrogens with two attached hydrogens (primary N) is 2. The number of aliphatic hydroxyl groups excluding tert-OH is 1. The van der Waals surface area contributed by atoms with Crippen molar-refractivity contribution >= 4 is 17.1 Å². The Hall–Kier alpha value is -2.05. The molecule has 11 nitrogen and oxygen atoms in total. The Labute approximate surface area is 123 Å². The van der Waals surface area contributed by atoms with Crippen LogP contribution in [0.3, 0.4) is 0 Å². The van der Waals surface area contributed by atoms with Crippen LogP contribution in [0, 0.1) is 0 Å². The van der Waals surface area contributed by atoms with Gasteiger partial charge in [0.15, 0.2) is 17.4 Å². The molecule has 3 heterocycles. The molecule has 0 spiro atoms. The van der Waals surface area contributed by atoms with Crippen LogP contribution in [0.4, 0.5) is 5.95 Å². The zero-order chi connectivity index (χ0) is 16.1. The molecule has 1 aliphatic rings. The molecule has 3 rings (SSSR count). The lowest BCUT2D eigenvalue weighted by Gasteiger charge is -2.27. The van der Waals surface area contributed by atoms with E-state index in [2.05, 4.69) is 19.8 Å². The number of fused-ring (bicyclic) bond motifs is 1. The van der Waals surface area contributed by atoms with Crippen LogP contribution < -0.4 is 17.2 Å². The van der Waals surface area contributed by atoms with E-state index >= 15 is 0 Å². The van der Waals surface area contributed by atoms with Crippen molar-refractivity contribution in [3.05, 3.63) is 16.7 Å². The van der Waals surface area contributed by atoms with E-state index in [-0.39, 0.29) is 23.7 Å². The monoisotopic (exact) mass is 312 g/mol. The van der Waals surface area contributed by atoms with Crippen LogP contribution >= 0.6 is 0 Å². The molecule has 1 aliphatic heterocycles. The molecule has 2 aromatic rings. The fraction of sp³-hybridized carbons (Fsp3) is 0.545. The molecule has 7 N–H and O–H groups in total. The van der Waals surface area contributed by atoms with E-state index in [4.69, 9.17) is 16.4 Å². The second kappa shape index (κ2) is 5.00. The topological polar surface area (TPSA) is 175 Å². The smallest absolute Gasteiger partial charge is 0.280 e. The molecule has 0 aromatic carbocycles. The average molecular weight is 312 g/mol. The fourth-order valence-corrected chi connectivity index (χ4v) is 2.59. The zero-order valence-corrected chi connectivity index (χ0v) is 11.6. The molecule has 1 fully saturated rings. The third-order valence-electron chi connectivity index (χ3n) is 3.72. The van der Waals surface area contributed by atoms with Crippen molar-refractivity contribution in [2.75, 3.05) is 12.3 Å². The van der Waals surface area contributed by atoms with Gasteiger partial charge < -0.3 is 25.5 Å². The van der Waals surface area contributed by atoms with Crippen LogP contribution in [-0.2, 0) is 9.57 Å². The summed E-state index contributed by atoms with van der Waals surface area (Å²) in [5.74, 6) is 4.89. The van der Waals surface area contributed by atoms with Crippen LogP contribution in [0.5, 0.6) is 0 Å². The first-order valence-electron chi connectivity index (χ1n) is 6.46. The number of ether oxygens (including phenoxy) is 1. The second-order valence-corrected chi connectivity index (χ2v) is 5.31. The van der Waals surface area contributed by atoms with Gasteiger partial charge in [-0.1, -0.05) is 0 Å². The maximum absolute atomic E-state index is 11.8. The van der Waals surface area contributed by atoms with E-state index in [0.29, 0.717) is 0 Å².